The Kier molecular flexibility index (Phi) is 5.14. The van der Waals surface area contributed by atoms with Gasteiger partial charge in [-0.25, -0.2) is 0 Å². The zero-order chi connectivity index (χ0) is 16.4. The number of carbonyl (C=O) groups excluding carboxylic acids is 3. The van der Waals surface area contributed by atoms with Crippen LogP contribution >= 0.6 is 11.8 Å². The van der Waals surface area contributed by atoms with Crippen LogP contribution in [-0.2, 0) is 14.4 Å². The van der Waals surface area contributed by atoms with E-state index in [1.807, 2.05) is 11.9 Å². The molecule has 3 fully saturated rings. The van der Waals surface area contributed by atoms with Gasteiger partial charge in [0.15, 0.2) is 0 Å². The fraction of sp³-hybridized carbons (Fsp3) is 0.812. The summed E-state index contributed by atoms with van der Waals surface area (Å²) >= 11 is 1.62. The van der Waals surface area contributed by atoms with E-state index >= 15 is 0 Å². The van der Waals surface area contributed by atoms with Gasteiger partial charge in [-0.1, -0.05) is 19.3 Å². The largest absolute Gasteiger partial charge is 0.344 e. The summed E-state index contributed by atoms with van der Waals surface area (Å²) in [4.78, 5) is 40.4. The van der Waals surface area contributed by atoms with E-state index in [2.05, 4.69) is 5.32 Å². The van der Waals surface area contributed by atoms with E-state index in [1.165, 1.54) is 19.3 Å². The third-order valence-electron chi connectivity index (χ3n) is 5.21. The first kappa shape index (κ1) is 16.6. The zero-order valence-corrected chi connectivity index (χ0v) is 14.4. The quantitative estimate of drug-likeness (QED) is 0.831. The van der Waals surface area contributed by atoms with Gasteiger partial charge in [-0.05, 0) is 19.3 Å². The van der Waals surface area contributed by atoms with Gasteiger partial charge in [0.2, 0.25) is 17.7 Å². The lowest BCUT2D eigenvalue weighted by molar-refractivity contribution is -0.145. The molecule has 6 nitrogen and oxygen atoms in total. The number of thioether (sulfide) groups is 1. The number of hydrogen-bond acceptors (Lipinski definition) is 4. The molecule has 3 aliphatic rings. The highest BCUT2D eigenvalue weighted by atomic mass is 32.2. The molecule has 2 heterocycles. The number of nitrogens with zero attached hydrogens (tertiary/aromatic N) is 2. The predicted octanol–water partition coefficient (Wildman–Crippen LogP) is 0.958. The van der Waals surface area contributed by atoms with Gasteiger partial charge in [-0.2, -0.15) is 0 Å². The summed E-state index contributed by atoms with van der Waals surface area (Å²) in [5.41, 5.74) is 0. The first-order valence-corrected chi connectivity index (χ1v) is 9.67. The van der Waals surface area contributed by atoms with Gasteiger partial charge in [0.1, 0.15) is 12.1 Å². The SMILES string of the molecule is CN(C(=O)[C@H]1CSCN1C(=O)[C@@H]1CCC(=O)N1)C1CCCCC1. The van der Waals surface area contributed by atoms with E-state index in [9.17, 15) is 14.4 Å². The molecule has 0 spiro atoms. The second-order valence-electron chi connectivity index (χ2n) is 6.72. The highest BCUT2D eigenvalue weighted by molar-refractivity contribution is 7.99. The second kappa shape index (κ2) is 7.11. The average molecular weight is 339 g/mol. The van der Waals surface area contributed by atoms with Crippen molar-refractivity contribution in [1.82, 2.24) is 15.1 Å². The normalized spacial score (nSPS) is 28.7. The highest BCUT2D eigenvalue weighted by Gasteiger charge is 2.41. The van der Waals surface area contributed by atoms with Crippen molar-refractivity contribution in [2.75, 3.05) is 18.7 Å². The van der Waals surface area contributed by atoms with Crippen molar-refractivity contribution in [2.45, 2.75) is 63.1 Å². The molecule has 0 radical (unpaired) electrons. The molecule has 0 aromatic carbocycles. The van der Waals surface area contributed by atoms with Crippen molar-refractivity contribution in [3.63, 3.8) is 0 Å². The lowest BCUT2D eigenvalue weighted by atomic mass is 9.94. The molecular formula is C16H25N3O3S. The van der Waals surface area contributed by atoms with Crippen LogP contribution in [0.4, 0.5) is 0 Å². The molecule has 3 rings (SSSR count). The van der Waals surface area contributed by atoms with E-state index in [1.54, 1.807) is 16.7 Å². The third kappa shape index (κ3) is 3.49. The summed E-state index contributed by atoms with van der Waals surface area (Å²) in [5.74, 6) is 1.08. The van der Waals surface area contributed by atoms with Gasteiger partial charge >= 0.3 is 0 Å². The molecule has 2 atom stereocenters. The molecule has 2 aliphatic heterocycles. The summed E-state index contributed by atoms with van der Waals surface area (Å²) < 4.78 is 0. The van der Waals surface area contributed by atoms with Crippen molar-refractivity contribution < 1.29 is 14.4 Å². The molecule has 1 aliphatic carbocycles. The Bertz CT molecular complexity index is 493. The molecule has 1 saturated carbocycles. The molecule has 0 aromatic heterocycles. The number of nitrogens with one attached hydrogen (secondary N) is 1. The Balaban J connectivity index is 1.64. The smallest absolute Gasteiger partial charge is 0.246 e. The molecule has 1 N–H and O–H groups in total. The monoisotopic (exact) mass is 339 g/mol. The van der Waals surface area contributed by atoms with Gasteiger partial charge in [-0.3, -0.25) is 14.4 Å². The molecular weight excluding hydrogens is 314 g/mol. The van der Waals surface area contributed by atoms with Gasteiger partial charge in [0, 0.05) is 25.3 Å². The Morgan fingerprint density at radius 1 is 1.22 bits per heavy atom. The van der Waals surface area contributed by atoms with Crippen LogP contribution in [0.2, 0.25) is 0 Å². The number of hydrogen-bond donors (Lipinski definition) is 1. The molecule has 7 heteroatoms. The maximum absolute atomic E-state index is 12.9. The van der Waals surface area contributed by atoms with Crippen LogP contribution < -0.4 is 5.32 Å². The Labute approximate surface area is 141 Å². The maximum atomic E-state index is 12.9. The summed E-state index contributed by atoms with van der Waals surface area (Å²) in [6.07, 6.45) is 6.68. The van der Waals surface area contributed by atoms with Crippen LogP contribution in [0.1, 0.15) is 44.9 Å². The predicted molar refractivity (Wildman–Crippen MR) is 88.8 cm³/mol. The maximum Gasteiger partial charge on any atom is 0.246 e. The number of carbonyl (C=O) groups is 3. The molecule has 2 saturated heterocycles. The first-order valence-electron chi connectivity index (χ1n) is 8.52. The molecule has 0 aromatic rings. The summed E-state index contributed by atoms with van der Waals surface area (Å²) in [7, 11) is 1.88. The fourth-order valence-corrected chi connectivity index (χ4v) is 4.90. The van der Waals surface area contributed by atoms with Gasteiger partial charge in [0.05, 0.1) is 5.88 Å². The minimum absolute atomic E-state index is 0.0552. The first-order chi connectivity index (χ1) is 11.1. The van der Waals surface area contributed by atoms with Crippen molar-refractivity contribution in [1.29, 1.82) is 0 Å². The van der Waals surface area contributed by atoms with Crippen LogP contribution in [0.15, 0.2) is 0 Å². The van der Waals surface area contributed by atoms with Crippen LogP contribution in [0.5, 0.6) is 0 Å². The van der Waals surface area contributed by atoms with E-state index in [0.717, 1.165) is 12.8 Å². The van der Waals surface area contributed by atoms with Crippen molar-refractivity contribution in [3.05, 3.63) is 0 Å². The molecule has 23 heavy (non-hydrogen) atoms. The van der Waals surface area contributed by atoms with E-state index in [-0.39, 0.29) is 23.8 Å². The number of likely N-dealkylation sites (N-methyl/N-ethyl adjacent to an activating group) is 1. The van der Waals surface area contributed by atoms with E-state index in [0.29, 0.717) is 30.5 Å². The minimum atomic E-state index is -0.448. The standard InChI is InChI=1S/C16H25N3O3S/c1-18(11-5-3-2-4-6-11)16(22)13-9-23-10-19(13)15(21)12-7-8-14(20)17-12/h11-13H,2-10H2,1H3,(H,17,20)/t12-,13+/m0/s1. The summed E-state index contributed by atoms with van der Waals surface area (Å²) in [5, 5.41) is 2.72. The van der Waals surface area contributed by atoms with Crippen molar-refractivity contribution in [2.24, 2.45) is 0 Å². The lowest BCUT2D eigenvalue weighted by Gasteiger charge is -2.35. The minimum Gasteiger partial charge on any atom is -0.344 e. The van der Waals surface area contributed by atoms with E-state index < -0.39 is 6.04 Å². The molecule has 0 unspecified atom stereocenters. The van der Waals surface area contributed by atoms with E-state index in [4.69, 9.17) is 0 Å². The topological polar surface area (TPSA) is 69.7 Å². The third-order valence-corrected chi connectivity index (χ3v) is 6.23. The average Bonchev–Trinajstić information content (AvgIpc) is 3.22. The van der Waals surface area contributed by atoms with Gasteiger partial charge in [0.25, 0.3) is 0 Å². The van der Waals surface area contributed by atoms with Crippen LogP contribution in [-0.4, -0.2) is 64.3 Å². The van der Waals surface area contributed by atoms with Crippen molar-refractivity contribution >= 4 is 29.5 Å². The number of rotatable bonds is 3. The summed E-state index contributed by atoms with van der Waals surface area (Å²) in [6.45, 7) is 0. The molecule has 128 valence electrons. The van der Waals surface area contributed by atoms with Crippen LogP contribution in [0, 0.1) is 0 Å². The Morgan fingerprint density at radius 3 is 2.61 bits per heavy atom. The van der Waals surface area contributed by atoms with Crippen LogP contribution in [0.25, 0.3) is 0 Å². The lowest BCUT2D eigenvalue weighted by Crippen LogP contribution is -2.54. The van der Waals surface area contributed by atoms with Gasteiger partial charge in [-0.15, -0.1) is 11.8 Å². The zero-order valence-electron chi connectivity index (χ0n) is 13.6. The van der Waals surface area contributed by atoms with Crippen LogP contribution in [0.3, 0.4) is 0 Å². The summed E-state index contributed by atoms with van der Waals surface area (Å²) in [6, 6.07) is -0.515. The van der Waals surface area contributed by atoms with Gasteiger partial charge < -0.3 is 15.1 Å². The Hall–Kier alpha value is -1.24. The molecule has 0 bridgehead atoms. The highest BCUT2D eigenvalue weighted by Crippen LogP contribution is 2.27. The Morgan fingerprint density at radius 2 is 1.96 bits per heavy atom. The van der Waals surface area contributed by atoms with Crippen molar-refractivity contribution in [3.8, 4) is 0 Å². The number of amides is 3. The second-order valence-corrected chi connectivity index (χ2v) is 7.72. The molecule has 3 amide bonds. The fourth-order valence-electron chi connectivity index (χ4n) is 3.75.